The number of anilines is 1. The van der Waals surface area contributed by atoms with Crippen molar-refractivity contribution in [1.29, 1.82) is 0 Å². The van der Waals surface area contributed by atoms with Gasteiger partial charge in [-0.2, -0.15) is 0 Å². The number of pyridine rings is 2. The lowest BCUT2D eigenvalue weighted by molar-refractivity contribution is 0.0696. The number of carboxylic acids is 1. The number of rotatable bonds is 5. The number of aromatic nitrogens is 3. The summed E-state index contributed by atoms with van der Waals surface area (Å²) in [5.74, 6) is -1.80. The summed E-state index contributed by atoms with van der Waals surface area (Å²) in [4.78, 5) is 35.8. The van der Waals surface area contributed by atoms with Crippen molar-refractivity contribution in [3.63, 3.8) is 0 Å². The van der Waals surface area contributed by atoms with Crippen LogP contribution in [0, 0.1) is 5.82 Å². The molecule has 1 aromatic carbocycles. The molecule has 0 saturated heterocycles. The fourth-order valence-electron chi connectivity index (χ4n) is 3.03. The van der Waals surface area contributed by atoms with Crippen molar-refractivity contribution in [2.45, 2.75) is 6.92 Å². The zero-order valence-electron chi connectivity index (χ0n) is 16.2. The maximum Gasteiger partial charge on any atom is 0.337 e. The minimum Gasteiger partial charge on any atom is -0.478 e. The Kier molecular flexibility index (Phi) is 5.54. The van der Waals surface area contributed by atoms with Crippen LogP contribution in [0.25, 0.3) is 32.6 Å². The molecule has 2 amide bonds. The Morgan fingerprint density at radius 3 is 2.74 bits per heavy atom. The van der Waals surface area contributed by atoms with Crippen molar-refractivity contribution in [1.82, 2.24) is 20.3 Å². The number of carboxylic acid groups (broad SMARTS) is 1. The average molecular weight is 437 g/mol. The Morgan fingerprint density at radius 1 is 1.19 bits per heavy atom. The number of hydrogen-bond acceptors (Lipinski definition) is 6. The van der Waals surface area contributed by atoms with Crippen LogP contribution in [0.15, 0.2) is 48.9 Å². The van der Waals surface area contributed by atoms with Crippen LogP contribution in [0.3, 0.4) is 0 Å². The summed E-state index contributed by atoms with van der Waals surface area (Å²) >= 11 is 1.13. The van der Waals surface area contributed by atoms with Gasteiger partial charge in [-0.1, -0.05) is 17.4 Å². The second-order valence-corrected chi connectivity index (χ2v) is 7.45. The summed E-state index contributed by atoms with van der Waals surface area (Å²) in [6.45, 7) is 2.21. The van der Waals surface area contributed by atoms with E-state index in [4.69, 9.17) is 0 Å². The Bertz CT molecular complexity index is 1290. The fraction of sp³-hybridized carbons (Fsp3) is 0.0952. The van der Waals surface area contributed by atoms with E-state index in [9.17, 15) is 14.7 Å². The highest BCUT2D eigenvalue weighted by Gasteiger charge is 2.21. The molecule has 156 valence electrons. The van der Waals surface area contributed by atoms with Crippen LogP contribution in [0.1, 0.15) is 17.3 Å². The lowest BCUT2D eigenvalue weighted by Gasteiger charge is -2.09. The zero-order valence-corrected chi connectivity index (χ0v) is 17.0. The number of halogens is 1. The fourth-order valence-corrected chi connectivity index (χ4v) is 4.01. The molecule has 0 aliphatic rings. The topological polar surface area (TPSA) is 117 Å². The van der Waals surface area contributed by atoms with Crippen molar-refractivity contribution in [3.8, 4) is 22.4 Å². The van der Waals surface area contributed by atoms with Gasteiger partial charge in [0.2, 0.25) is 0 Å². The summed E-state index contributed by atoms with van der Waals surface area (Å²) in [5, 5.41) is 14.7. The van der Waals surface area contributed by atoms with Crippen LogP contribution >= 0.6 is 11.3 Å². The van der Waals surface area contributed by atoms with E-state index in [1.165, 1.54) is 18.5 Å². The predicted molar refractivity (Wildman–Crippen MR) is 116 cm³/mol. The molecule has 0 atom stereocenters. The first-order chi connectivity index (χ1) is 15.0. The highest BCUT2D eigenvalue weighted by Crippen LogP contribution is 2.40. The minimum atomic E-state index is -1.16. The molecule has 0 aliphatic heterocycles. The van der Waals surface area contributed by atoms with Gasteiger partial charge in [-0.15, -0.1) is 0 Å². The van der Waals surface area contributed by atoms with E-state index in [-0.39, 0.29) is 21.8 Å². The SMILES string of the molecule is CCNC(=O)Nc1nc2c(F)c(-c3cncc(C(=O)O)c3)cc(-c3ccccn3)c2s1. The van der Waals surface area contributed by atoms with E-state index in [0.29, 0.717) is 28.1 Å². The third-order valence-corrected chi connectivity index (χ3v) is 5.40. The molecule has 10 heteroatoms. The summed E-state index contributed by atoms with van der Waals surface area (Å²) in [6, 6.07) is 7.84. The number of fused-ring (bicyclic) bond motifs is 1. The highest BCUT2D eigenvalue weighted by atomic mass is 32.1. The summed E-state index contributed by atoms with van der Waals surface area (Å²) in [7, 11) is 0. The molecule has 0 saturated carbocycles. The molecule has 3 aromatic heterocycles. The van der Waals surface area contributed by atoms with E-state index < -0.39 is 17.8 Å². The van der Waals surface area contributed by atoms with E-state index in [1.54, 1.807) is 37.4 Å². The lowest BCUT2D eigenvalue weighted by atomic mass is 10.00. The molecule has 0 fully saturated rings. The van der Waals surface area contributed by atoms with Crippen LogP contribution < -0.4 is 10.6 Å². The number of urea groups is 1. The number of carbonyl (C=O) groups is 2. The lowest BCUT2D eigenvalue weighted by Crippen LogP contribution is -2.28. The van der Waals surface area contributed by atoms with Gasteiger partial charge in [0.05, 0.1) is 16.0 Å². The number of thiazole rings is 1. The molecule has 3 N–H and O–H groups in total. The number of nitrogens with one attached hydrogen (secondary N) is 2. The Balaban J connectivity index is 1.94. The molecule has 0 aliphatic carbocycles. The zero-order chi connectivity index (χ0) is 22.0. The number of benzene rings is 1. The number of hydrogen-bond donors (Lipinski definition) is 3. The summed E-state index contributed by atoms with van der Waals surface area (Å²) < 4.78 is 16.0. The second-order valence-electron chi connectivity index (χ2n) is 6.45. The number of aromatic carboxylic acids is 1. The standard InChI is InChI=1S/C21H16FN5O3S/c1-2-24-20(30)27-21-26-17-16(22)13(11-7-12(19(28)29)10-23-9-11)8-14(18(17)31-21)15-5-3-4-6-25-15/h3-10H,2H2,1H3,(H,28,29)(H2,24,26,27,30). The highest BCUT2D eigenvalue weighted by molar-refractivity contribution is 7.22. The molecule has 3 heterocycles. The monoisotopic (exact) mass is 437 g/mol. The van der Waals surface area contributed by atoms with E-state index in [2.05, 4.69) is 25.6 Å². The minimum absolute atomic E-state index is 0.0516. The van der Waals surface area contributed by atoms with Gasteiger partial charge in [0.25, 0.3) is 0 Å². The van der Waals surface area contributed by atoms with Gasteiger partial charge in [0, 0.05) is 41.8 Å². The molecule has 0 bridgehead atoms. The molecule has 4 aromatic rings. The molecule has 31 heavy (non-hydrogen) atoms. The third-order valence-electron chi connectivity index (χ3n) is 4.40. The average Bonchev–Trinajstić information content (AvgIpc) is 3.19. The van der Waals surface area contributed by atoms with Crippen molar-refractivity contribution >= 4 is 38.7 Å². The van der Waals surface area contributed by atoms with E-state index >= 15 is 4.39 Å². The summed E-state index contributed by atoms with van der Waals surface area (Å²) in [5.41, 5.74) is 1.61. The summed E-state index contributed by atoms with van der Waals surface area (Å²) in [6.07, 6.45) is 4.20. The van der Waals surface area contributed by atoms with Gasteiger partial charge in [0.1, 0.15) is 5.52 Å². The van der Waals surface area contributed by atoms with Crippen molar-refractivity contribution in [2.75, 3.05) is 11.9 Å². The van der Waals surface area contributed by atoms with E-state index in [1.807, 2.05) is 0 Å². The van der Waals surface area contributed by atoms with Gasteiger partial charge in [-0.05, 0) is 31.2 Å². The largest absolute Gasteiger partial charge is 0.478 e. The molecule has 0 unspecified atom stereocenters. The first-order valence-electron chi connectivity index (χ1n) is 9.26. The second kappa shape index (κ2) is 8.44. The Labute approximate surface area is 179 Å². The molecule has 8 nitrogen and oxygen atoms in total. The molecule has 4 rings (SSSR count). The molecule has 0 spiro atoms. The number of carbonyl (C=O) groups excluding carboxylic acids is 1. The Morgan fingerprint density at radius 2 is 2.03 bits per heavy atom. The van der Waals surface area contributed by atoms with Gasteiger partial charge in [0.15, 0.2) is 10.9 Å². The van der Waals surface area contributed by atoms with Crippen molar-refractivity contribution < 1.29 is 19.1 Å². The number of nitrogens with zero attached hydrogens (tertiary/aromatic N) is 3. The van der Waals surface area contributed by atoms with Crippen LogP contribution in [0.5, 0.6) is 0 Å². The van der Waals surface area contributed by atoms with Crippen LogP contribution in [-0.2, 0) is 0 Å². The Hall–Kier alpha value is -3.92. The number of amides is 2. The van der Waals surface area contributed by atoms with Gasteiger partial charge < -0.3 is 10.4 Å². The predicted octanol–water partition coefficient (Wildman–Crippen LogP) is 4.40. The molecular formula is C21H16FN5O3S. The van der Waals surface area contributed by atoms with Gasteiger partial charge in [-0.25, -0.2) is 19.0 Å². The third kappa shape index (κ3) is 4.05. The van der Waals surface area contributed by atoms with Crippen LogP contribution in [-0.4, -0.2) is 38.6 Å². The van der Waals surface area contributed by atoms with Crippen molar-refractivity contribution in [3.05, 3.63) is 60.3 Å². The normalized spacial score (nSPS) is 10.8. The first-order valence-corrected chi connectivity index (χ1v) is 10.1. The first kappa shape index (κ1) is 20.4. The van der Waals surface area contributed by atoms with Crippen LogP contribution in [0.4, 0.5) is 14.3 Å². The molecule has 0 radical (unpaired) electrons. The van der Waals surface area contributed by atoms with E-state index in [0.717, 1.165) is 11.3 Å². The smallest absolute Gasteiger partial charge is 0.337 e. The van der Waals surface area contributed by atoms with Gasteiger partial charge in [-0.3, -0.25) is 15.3 Å². The maximum absolute atomic E-state index is 15.5. The van der Waals surface area contributed by atoms with Crippen molar-refractivity contribution in [2.24, 2.45) is 0 Å². The quantitative estimate of drug-likeness (QED) is 0.426. The van der Waals surface area contributed by atoms with Gasteiger partial charge >= 0.3 is 12.0 Å². The maximum atomic E-state index is 15.5. The van der Waals surface area contributed by atoms with Crippen LogP contribution in [0.2, 0.25) is 0 Å². The molecular weight excluding hydrogens is 421 g/mol.